The van der Waals surface area contributed by atoms with Crippen molar-refractivity contribution >= 4 is 34.0 Å². The summed E-state index contributed by atoms with van der Waals surface area (Å²) in [6.45, 7) is 1.59. The second-order valence-corrected chi connectivity index (χ2v) is 6.04. The number of halogens is 1. The number of hydrogen-bond donors (Lipinski definition) is 2. The van der Waals surface area contributed by atoms with Crippen LogP contribution in [-0.4, -0.2) is 31.2 Å². The van der Waals surface area contributed by atoms with Crippen LogP contribution in [0.2, 0.25) is 0 Å². The third kappa shape index (κ3) is 5.42. The van der Waals surface area contributed by atoms with Gasteiger partial charge in [0.2, 0.25) is 0 Å². The molecule has 0 aromatic heterocycles. The lowest BCUT2D eigenvalue weighted by atomic mass is 10.2. The van der Waals surface area contributed by atoms with Gasteiger partial charge in [-0.2, -0.15) is 5.10 Å². The van der Waals surface area contributed by atoms with Crippen molar-refractivity contribution in [1.29, 1.82) is 0 Å². The smallest absolute Gasteiger partial charge is 0.262 e. The molecule has 0 radical (unpaired) electrons. The zero-order chi connectivity index (χ0) is 18.2. The molecule has 2 amide bonds. The van der Waals surface area contributed by atoms with E-state index in [1.54, 1.807) is 44.4 Å². The van der Waals surface area contributed by atoms with E-state index in [4.69, 9.17) is 4.74 Å². The average molecular weight is 404 g/mol. The van der Waals surface area contributed by atoms with Crippen molar-refractivity contribution in [2.75, 3.05) is 7.11 Å². The number of hydrazone groups is 1. The van der Waals surface area contributed by atoms with Gasteiger partial charge >= 0.3 is 0 Å². The van der Waals surface area contributed by atoms with Gasteiger partial charge in [-0.05, 0) is 64.8 Å². The fourth-order valence-corrected chi connectivity index (χ4v) is 2.41. The predicted molar refractivity (Wildman–Crippen MR) is 99.8 cm³/mol. The molecule has 0 bridgehead atoms. The monoisotopic (exact) mass is 403 g/mol. The maximum absolute atomic E-state index is 12.2. The van der Waals surface area contributed by atoms with Crippen LogP contribution in [-0.2, 0) is 4.79 Å². The van der Waals surface area contributed by atoms with Crippen molar-refractivity contribution in [2.24, 2.45) is 5.10 Å². The van der Waals surface area contributed by atoms with Gasteiger partial charge in [0.15, 0.2) is 0 Å². The number of rotatable bonds is 6. The summed E-state index contributed by atoms with van der Waals surface area (Å²) in [6.07, 6.45) is 1.51. The second-order valence-electron chi connectivity index (χ2n) is 5.18. The summed E-state index contributed by atoms with van der Waals surface area (Å²) in [7, 11) is 1.59. The number of carbonyl (C=O) groups excluding carboxylic acids is 2. The van der Waals surface area contributed by atoms with E-state index in [1.165, 1.54) is 6.21 Å². The minimum absolute atomic E-state index is 0.339. The molecular formula is C18H18BrN3O3. The van der Waals surface area contributed by atoms with Crippen LogP contribution >= 0.6 is 15.9 Å². The molecule has 0 saturated carbocycles. The normalized spacial score (nSPS) is 11.8. The number of nitrogens with zero attached hydrogens (tertiary/aromatic N) is 1. The molecule has 6 nitrogen and oxygen atoms in total. The van der Waals surface area contributed by atoms with Crippen LogP contribution in [0, 0.1) is 0 Å². The van der Waals surface area contributed by atoms with Crippen molar-refractivity contribution in [2.45, 2.75) is 13.0 Å². The Balaban J connectivity index is 1.88. The molecule has 0 saturated heterocycles. The molecule has 1 unspecified atom stereocenters. The van der Waals surface area contributed by atoms with Gasteiger partial charge in [0, 0.05) is 4.47 Å². The number of hydrogen-bond acceptors (Lipinski definition) is 4. The van der Waals surface area contributed by atoms with Crippen LogP contribution < -0.4 is 15.5 Å². The zero-order valence-corrected chi connectivity index (χ0v) is 15.4. The SMILES string of the molecule is COc1ccc(C=NNC(=O)C(C)NC(=O)c2ccccc2Br)cc1. The Hall–Kier alpha value is -2.67. The summed E-state index contributed by atoms with van der Waals surface area (Å²) < 4.78 is 5.73. The largest absolute Gasteiger partial charge is 0.497 e. The van der Waals surface area contributed by atoms with Gasteiger partial charge in [-0.1, -0.05) is 12.1 Å². The third-order valence-electron chi connectivity index (χ3n) is 3.36. The van der Waals surface area contributed by atoms with Crippen LogP contribution in [0.5, 0.6) is 5.75 Å². The van der Waals surface area contributed by atoms with Gasteiger partial charge < -0.3 is 10.1 Å². The first-order valence-electron chi connectivity index (χ1n) is 7.53. The summed E-state index contributed by atoms with van der Waals surface area (Å²) >= 11 is 3.31. The highest BCUT2D eigenvalue weighted by atomic mass is 79.9. The van der Waals surface area contributed by atoms with E-state index < -0.39 is 11.9 Å². The minimum Gasteiger partial charge on any atom is -0.497 e. The maximum Gasteiger partial charge on any atom is 0.262 e. The first kappa shape index (κ1) is 18.7. The summed E-state index contributed by atoms with van der Waals surface area (Å²) in [5, 5.41) is 6.52. The number of carbonyl (C=O) groups is 2. The molecule has 2 aromatic rings. The zero-order valence-electron chi connectivity index (χ0n) is 13.8. The summed E-state index contributed by atoms with van der Waals surface area (Å²) in [6, 6.07) is 13.5. The average Bonchev–Trinajstić information content (AvgIpc) is 2.62. The molecule has 130 valence electrons. The Kier molecular flexibility index (Phi) is 6.71. The van der Waals surface area contributed by atoms with Gasteiger partial charge in [0.25, 0.3) is 11.8 Å². The lowest BCUT2D eigenvalue weighted by molar-refractivity contribution is -0.122. The molecule has 0 heterocycles. The van der Waals surface area contributed by atoms with E-state index in [-0.39, 0.29) is 5.91 Å². The number of ether oxygens (including phenoxy) is 1. The molecule has 0 aliphatic heterocycles. The Labute approximate surface area is 154 Å². The lowest BCUT2D eigenvalue weighted by Crippen LogP contribution is -2.43. The first-order valence-corrected chi connectivity index (χ1v) is 8.33. The van der Waals surface area contributed by atoms with Crippen molar-refractivity contribution < 1.29 is 14.3 Å². The molecule has 0 aliphatic carbocycles. The van der Waals surface area contributed by atoms with Gasteiger partial charge in [-0.15, -0.1) is 0 Å². The van der Waals surface area contributed by atoms with Crippen LogP contribution in [0.25, 0.3) is 0 Å². The Morgan fingerprint density at radius 2 is 1.84 bits per heavy atom. The topological polar surface area (TPSA) is 79.8 Å². The number of benzene rings is 2. The van der Waals surface area contributed by atoms with E-state index >= 15 is 0 Å². The fraction of sp³-hybridized carbons (Fsp3) is 0.167. The van der Waals surface area contributed by atoms with E-state index in [9.17, 15) is 9.59 Å². The first-order chi connectivity index (χ1) is 12.0. The van der Waals surface area contributed by atoms with E-state index in [0.29, 0.717) is 10.0 Å². The molecule has 0 fully saturated rings. The molecule has 2 aromatic carbocycles. The van der Waals surface area contributed by atoms with Crippen molar-refractivity contribution in [1.82, 2.24) is 10.7 Å². The van der Waals surface area contributed by atoms with Crippen LogP contribution in [0.4, 0.5) is 0 Å². The number of amides is 2. The Morgan fingerprint density at radius 1 is 1.16 bits per heavy atom. The summed E-state index contributed by atoms with van der Waals surface area (Å²) in [5.41, 5.74) is 3.68. The van der Waals surface area contributed by atoms with Crippen molar-refractivity contribution in [3.63, 3.8) is 0 Å². The number of nitrogens with one attached hydrogen (secondary N) is 2. The molecule has 2 rings (SSSR count). The van der Waals surface area contributed by atoms with Gasteiger partial charge in [-0.3, -0.25) is 9.59 Å². The van der Waals surface area contributed by atoms with Gasteiger partial charge in [-0.25, -0.2) is 5.43 Å². The van der Waals surface area contributed by atoms with E-state index in [0.717, 1.165) is 11.3 Å². The molecule has 25 heavy (non-hydrogen) atoms. The predicted octanol–water partition coefficient (Wildman–Crippen LogP) is 2.73. The molecule has 0 spiro atoms. The van der Waals surface area contributed by atoms with Crippen LogP contribution in [0.3, 0.4) is 0 Å². The summed E-state index contributed by atoms with van der Waals surface area (Å²) in [5.74, 6) is -0.0102. The highest BCUT2D eigenvalue weighted by molar-refractivity contribution is 9.10. The standard InChI is InChI=1S/C18H18BrN3O3/c1-12(21-18(24)15-5-3-4-6-16(15)19)17(23)22-20-11-13-7-9-14(25-2)10-8-13/h3-12H,1-2H3,(H,21,24)(H,22,23). The van der Waals surface area contributed by atoms with Crippen molar-refractivity contribution in [3.05, 3.63) is 64.1 Å². The maximum atomic E-state index is 12.2. The molecule has 0 aliphatic rings. The highest BCUT2D eigenvalue weighted by Gasteiger charge is 2.17. The van der Waals surface area contributed by atoms with E-state index in [2.05, 4.69) is 31.8 Å². The van der Waals surface area contributed by atoms with Crippen LogP contribution in [0.1, 0.15) is 22.8 Å². The van der Waals surface area contributed by atoms with Gasteiger partial charge in [0.05, 0.1) is 18.9 Å². The quantitative estimate of drug-likeness (QED) is 0.574. The number of methoxy groups -OCH3 is 1. The Bertz CT molecular complexity index is 775. The molecule has 1 atom stereocenters. The van der Waals surface area contributed by atoms with Crippen molar-refractivity contribution in [3.8, 4) is 5.75 Å². The Morgan fingerprint density at radius 3 is 2.48 bits per heavy atom. The molecule has 2 N–H and O–H groups in total. The van der Waals surface area contributed by atoms with Gasteiger partial charge in [0.1, 0.15) is 11.8 Å². The molecule has 7 heteroatoms. The minimum atomic E-state index is -0.729. The second kappa shape index (κ2) is 8.98. The fourth-order valence-electron chi connectivity index (χ4n) is 1.94. The highest BCUT2D eigenvalue weighted by Crippen LogP contribution is 2.15. The molecular weight excluding hydrogens is 386 g/mol. The summed E-state index contributed by atoms with van der Waals surface area (Å²) in [4.78, 5) is 24.2. The third-order valence-corrected chi connectivity index (χ3v) is 4.06. The lowest BCUT2D eigenvalue weighted by Gasteiger charge is -2.12. The van der Waals surface area contributed by atoms with E-state index in [1.807, 2.05) is 18.2 Å². The van der Waals surface area contributed by atoms with Crippen LogP contribution in [0.15, 0.2) is 58.1 Å².